The maximum absolute atomic E-state index is 12.6. The van der Waals surface area contributed by atoms with Crippen molar-refractivity contribution in [3.05, 3.63) is 46.9 Å². The normalized spacial score (nSPS) is 19.9. The summed E-state index contributed by atoms with van der Waals surface area (Å²) in [4.78, 5) is 20.4. The summed E-state index contributed by atoms with van der Waals surface area (Å²) in [6.07, 6.45) is 7.96. The van der Waals surface area contributed by atoms with E-state index in [9.17, 15) is 4.79 Å². The molecular weight excluding hydrogens is 318 g/mol. The lowest BCUT2D eigenvalue weighted by molar-refractivity contribution is -0.123. The highest BCUT2D eigenvalue weighted by molar-refractivity contribution is 7.10. The number of nitrogens with one attached hydrogen (secondary N) is 1. The van der Waals surface area contributed by atoms with E-state index in [0.717, 1.165) is 45.3 Å². The van der Waals surface area contributed by atoms with Crippen molar-refractivity contribution in [2.24, 2.45) is 5.92 Å². The third-order valence-corrected chi connectivity index (χ3v) is 6.45. The van der Waals surface area contributed by atoms with Crippen molar-refractivity contribution in [1.82, 2.24) is 10.3 Å². The molecule has 0 spiro atoms. The van der Waals surface area contributed by atoms with Gasteiger partial charge in [0.1, 0.15) is 0 Å². The van der Waals surface area contributed by atoms with Crippen LogP contribution in [0.5, 0.6) is 0 Å². The third kappa shape index (κ3) is 3.05. The molecule has 3 heterocycles. The van der Waals surface area contributed by atoms with Gasteiger partial charge in [-0.1, -0.05) is 6.07 Å². The van der Waals surface area contributed by atoms with Crippen LogP contribution in [0.2, 0.25) is 0 Å². The zero-order chi connectivity index (χ0) is 16.4. The van der Waals surface area contributed by atoms with Gasteiger partial charge in [-0.15, -0.1) is 11.3 Å². The van der Waals surface area contributed by atoms with Gasteiger partial charge in [0.15, 0.2) is 0 Å². The molecule has 1 N–H and O–H groups in total. The highest BCUT2D eigenvalue weighted by atomic mass is 32.1. The highest BCUT2D eigenvalue weighted by Crippen LogP contribution is 2.50. The maximum Gasteiger partial charge on any atom is 0.231 e. The Kier molecular flexibility index (Phi) is 4.27. The summed E-state index contributed by atoms with van der Waals surface area (Å²) in [6, 6.07) is 8.28. The molecule has 2 aromatic rings. The monoisotopic (exact) mass is 341 g/mol. The number of carbonyl (C=O) groups is 1. The fourth-order valence-electron chi connectivity index (χ4n) is 3.62. The third-order valence-electron chi connectivity index (χ3n) is 5.37. The second-order valence-electron chi connectivity index (χ2n) is 6.91. The summed E-state index contributed by atoms with van der Waals surface area (Å²) < 4.78 is 0. The summed E-state index contributed by atoms with van der Waals surface area (Å²) in [5.74, 6) is 0.827. The van der Waals surface area contributed by atoms with Crippen molar-refractivity contribution < 1.29 is 4.79 Å². The molecule has 4 rings (SSSR count). The van der Waals surface area contributed by atoms with Gasteiger partial charge in [0.2, 0.25) is 5.91 Å². The van der Waals surface area contributed by atoms with E-state index in [-0.39, 0.29) is 11.3 Å². The number of carbonyl (C=O) groups excluding carboxylic acids is 1. The van der Waals surface area contributed by atoms with E-state index in [1.165, 1.54) is 10.6 Å². The topological polar surface area (TPSA) is 45.2 Å². The fraction of sp³-hybridized carbons (Fsp3) is 0.474. The number of hydrogen-bond donors (Lipinski definition) is 1. The molecule has 24 heavy (non-hydrogen) atoms. The lowest BCUT2D eigenvalue weighted by atomic mass is 9.95. The van der Waals surface area contributed by atoms with E-state index in [1.807, 2.05) is 18.5 Å². The minimum atomic E-state index is -0.202. The Bertz CT molecular complexity index is 674. The number of nitrogens with zero attached hydrogens (tertiary/aromatic N) is 2. The number of piperidine rings is 1. The van der Waals surface area contributed by atoms with Gasteiger partial charge in [-0.2, -0.15) is 0 Å². The number of rotatable bonds is 5. The Morgan fingerprint density at radius 1 is 1.25 bits per heavy atom. The molecule has 0 atom stereocenters. The molecule has 5 heteroatoms. The van der Waals surface area contributed by atoms with Gasteiger partial charge < -0.3 is 10.2 Å². The molecule has 0 bridgehead atoms. The molecule has 1 amide bonds. The molecule has 2 fully saturated rings. The van der Waals surface area contributed by atoms with Crippen molar-refractivity contribution in [3.63, 3.8) is 0 Å². The first-order chi connectivity index (χ1) is 11.8. The van der Waals surface area contributed by atoms with E-state index in [4.69, 9.17) is 0 Å². The van der Waals surface area contributed by atoms with Gasteiger partial charge in [0.05, 0.1) is 5.41 Å². The molecule has 0 radical (unpaired) electrons. The van der Waals surface area contributed by atoms with E-state index in [1.54, 1.807) is 11.3 Å². The van der Waals surface area contributed by atoms with Crippen molar-refractivity contribution in [3.8, 4) is 0 Å². The summed E-state index contributed by atoms with van der Waals surface area (Å²) in [7, 11) is 0. The van der Waals surface area contributed by atoms with Crippen LogP contribution in [0.15, 0.2) is 42.0 Å². The van der Waals surface area contributed by atoms with Gasteiger partial charge in [-0.25, -0.2) is 0 Å². The number of pyridine rings is 1. The maximum atomic E-state index is 12.6. The number of aromatic nitrogens is 1. The smallest absolute Gasteiger partial charge is 0.231 e. The summed E-state index contributed by atoms with van der Waals surface area (Å²) in [5.41, 5.74) is 1.05. The molecular formula is C19H23N3OS. The van der Waals surface area contributed by atoms with Gasteiger partial charge in [0.25, 0.3) is 0 Å². The molecule has 2 aromatic heterocycles. The van der Waals surface area contributed by atoms with Crippen LogP contribution < -0.4 is 10.2 Å². The quantitative estimate of drug-likeness (QED) is 0.908. The van der Waals surface area contributed by atoms with Crippen LogP contribution in [0.25, 0.3) is 0 Å². The summed E-state index contributed by atoms with van der Waals surface area (Å²) in [6.45, 7) is 2.93. The molecule has 0 unspecified atom stereocenters. The average molecular weight is 341 g/mol. The van der Waals surface area contributed by atoms with Gasteiger partial charge in [-0.05, 0) is 55.2 Å². The van der Waals surface area contributed by atoms with Crippen molar-refractivity contribution in [2.45, 2.75) is 31.1 Å². The van der Waals surface area contributed by atoms with Gasteiger partial charge in [0, 0.05) is 42.6 Å². The minimum absolute atomic E-state index is 0.202. The SMILES string of the molecule is O=C(NCC1CCN(c2ccncc2)CC1)C1(c2cccs2)CC1. The van der Waals surface area contributed by atoms with Crippen molar-refractivity contribution in [2.75, 3.05) is 24.5 Å². The Hall–Kier alpha value is -1.88. The Balaban J connectivity index is 1.27. The first kappa shape index (κ1) is 15.6. The van der Waals surface area contributed by atoms with Crippen molar-refractivity contribution in [1.29, 1.82) is 0 Å². The Morgan fingerprint density at radius 3 is 2.62 bits per heavy atom. The van der Waals surface area contributed by atoms with E-state index in [2.05, 4.69) is 38.8 Å². The first-order valence-corrected chi connectivity index (χ1v) is 9.63. The van der Waals surface area contributed by atoms with Gasteiger partial charge in [-0.3, -0.25) is 9.78 Å². The molecule has 1 saturated carbocycles. The Morgan fingerprint density at radius 2 is 2.00 bits per heavy atom. The Labute approximate surface area is 146 Å². The van der Waals surface area contributed by atoms with Crippen LogP contribution in [0.1, 0.15) is 30.6 Å². The van der Waals surface area contributed by atoms with E-state index >= 15 is 0 Å². The molecule has 1 aliphatic heterocycles. The predicted octanol–water partition coefficient (Wildman–Crippen LogP) is 3.21. The van der Waals surface area contributed by atoms with E-state index < -0.39 is 0 Å². The molecule has 1 aliphatic carbocycles. The molecule has 1 saturated heterocycles. The number of hydrogen-bond acceptors (Lipinski definition) is 4. The van der Waals surface area contributed by atoms with Crippen LogP contribution in [0, 0.1) is 5.92 Å². The van der Waals surface area contributed by atoms with Crippen LogP contribution in [0.4, 0.5) is 5.69 Å². The molecule has 0 aromatic carbocycles. The number of amides is 1. The zero-order valence-corrected chi connectivity index (χ0v) is 14.6. The van der Waals surface area contributed by atoms with E-state index in [0.29, 0.717) is 5.92 Å². The predicted molar refractivity (Wildman–Crippen MR) is 97.4 cm³/mol. The number of thiophene rings is 1. The zero-order valence-electron chi connectivity index (χ0n) is 13.8. The lowest BCUT2D eigenvalue weighted by Crippen LogP contribution is -2.41. The molecule has 2 aliphatic rings. The van der Waals surface area contributed by atoms with Crippen molar-refractivity contribution >= 4 is 22.9 Å². The minimum Gasteiger partial charge on any atom is -0.371 e. The standard InChI is InChI=1S/C19H23N3OS/c23-18(19(7-8-19)17-2-1-13-24-17)21-14-15-5-11-22(12-6-15)16-3-9-20-10-4-16/h1-4,9-10,13,15H,5-8,11-12,14H2,(H,21,23). The number of anilines is 1. The lowest BCUT2D eigenvalue weighted by Gasteiger charge is -2.33. The molecule has 126 valence electrons. The first-order valence-electron chi connectivity index (χ1n) is 8.75. The van der Waals surface area contributed by atoms with Crippen LogP contribution in [0.3, 0.4) is 0 Å². The average Bonchev–Trinajstić information content (AvgIpc) is 3.27. The largest absolute Gasteiger partial charge is 0.371 e. The fourth-order valence-corrected chi connectivity index (χ4v) is 4.60. The summed E-state index contributed by atoms with van der Waals surface area (Å²) >= 11 is 1.71. The van der Waals surface area contributed by atoms with Crippen LogP contribution in [-0.4, -0.2) is 30.5 Å². The second-order valence-corrected chi connectivity index (χ2v) is 7.85. The highest BCUT2D eigenvalue weighted by Gasteiger charge is 2.52. The van der Waals surface area contributed by atoms with Gasteiger partial charge >= 0.3 is 0 Å². The second kappa shape index (κ2) is 6.55. The van der Waals surface area contributed by atoms with Crippen LogP contribution >= 0.6 is 11.3 Å². The van der Waals surface area contributed by atoms with Crippen LogP contribution in [-0.2, 0) is 10.2 Å². The molecule has 4 nitrogen and oxygen atoms in total. The summed E-state index contributed by atoms with van der Waals surface area (Å²) in [5, 5.41) is 5.30.